The minimum absolute atomic E-state index is 0.0876. The van der Waals surface area contributed by atoms with Gasteiger partial charge < -0.3 is 14.7 Å². The second-order valence-electron chi connectivity index (χ2n) is 11.1. The molecule has 3 aromatic rings. The molecule has 1 aliphatic carbocycles. The number of carbonyl (C=O) groups excluding carboxylic acids is 1. The van der Waals surface area contributed by atoms with Crippen LogP contribution in [0, 0.1) is 5.82 Å². The van der Waals surface area contributed by atoms with Gasteiger partial charge in [-0.1, -0.05) is 66.5 Å². The molecule has 1 amide bonds. The van der Waals surface area contributed by atoms with Gasteiger partial charge in [0, 0.05) is 16.5 Å². The summed E-state index contributed by atoms with van der Waals surface area (Å²) < 4.78 is 50.2. The number of rotatable bonds is 12. The first-order chi connectivity index (χ1) is 21.0. The summed E-state index contributed by atoms with van der Waals surface area (Å²) in [5, 5.41) is 9.72. The molecule has 1 N–H and O–H groups in total. The van der Waals surface area contributed by atoms with Gasteiger partial charge in [-0.05, 0) is 73.2 Å². The Hall–Kier alpha value is -3.18. The first-order valence-corrected chi connectivity index (χ1v) is 16.7. The van der Waals surface area contributed by atoms with Gasteiger partial charge in [-0.15, -0.1) is 0 Å². The number of morpholine rings is 1. The Labute approximate surface area is 266 Å². The number of hydrogen-bond acceptors (Lipinski definition) is 5. The minimum Gasteiger partial charge on any atom is -0.481 e. The quantitative estimate of drug-likeness (QED) is 0.229. The molecule has 1 aliphatic heterocycles. The Balaban J connectivity index is 1.64. The SMILES string of the molecule is CC[C@@H](CN(c1ccccc1F)S(=O)(=O)C1CC1)N1C(=O)[C@@H](CCC(=O)O)OC(c2cccc(Cl)c2)C1c1ccc(Cl)cc1. The zero-order valence-electron chi connectivity index (χ0n) is 24.0. The largest absolute Gasteiger partial charge is 0.481 e. The number of nitrogens with zero attached hydrogens (tertiary/aromatic N) is 2. The van der Waals surface area contributed by atoms with Gasteiger partial charge in [0.05, 0.1) is 29.6 Å². The second-order valence-corrected chi connectivity index (χ2v) is 14.1. The van der Waals surface area contributed by atoms with Crippen LogP contribution in [0.15, 0.2) is 72.8 Å². The number of amides is 1. The van der Waals surface area contributed by atoms with Gasteiger partial charge in [-0.3, -0.25) is 13.9 Å². The van der Waals surface area contributed by atoms with E-state index in [1.165, 1.54) is 18.2 Å². The molecule has 1 saturated carbocycles. The molecule has 0 aromatic heterocycles. The van der Waals surface area contributed by atoms with Crippen molar-refractivity contribution >= 4 is 50.8 Å². The van der Waals surface area contributed by atoms with Crippen molar-refractivity contribution in [1.29, 1.82) is 0 Å². The fourth-order valence-electron chi connectivity index (χ4n) is 5.70. The molecular weight excluding hydrogens is 630 g/mol. The fraction of sp³-hybridized carbons (Fsp3) is 0.375. The second kappa shape index (κ2) is 13.4. The summed E-state index contributed by atoms with van der Waals surface area (Å²) in [7, 11) is -3.95. The average Bonchev–Trinajstić information content (AvgIpc) is 3.85. The van der Waals surface area contributed by atoms with Gasteiger partial charge in [0.2, 0.25) is 10.0 Å². The molecule has 2 unspecified atom stereocenters. The zero-order valence-corrected chi connectivity index (χ0v) is 26.3. The predicted octanol–water partition coefficient (Wildman–Crippen LogP) is 6.78. The number of carbonyl (C=O) groups is 2. The molecule has 1 heterocycles. The Bertz CT molecular complexity index is 1620. The van der Waals surface area contributed by atoms with E-state index < -0.39 is 57.3 Å². The number of sulfonamides is 1. The Morgan fingerprint density at radius 3 is 2.36 bits per heavy atom. The first kappa shape index (κ1) is 32.2. The summed E-state index contributed by atoms with van der Waals surface area (Å²) >= 11 is 12.6. The molecule has 0 bridgehead atoms. The van der Waals surface area contributed by atoms with Crippen LogP contribution in [0.4, 0.5) is 10.1 Å². The van der Waals surface area contributed by atoms with Crippen LogP contribution in [0.25, 0.3) is 0 Å². The third-order valence-corrected chi connectivity index (χ3v) is 10.8. The van der Waals surface area contributed by atoms with Crippen LogP contribution in [0.2, 0.25) is 10.0 Å². The number of carboxylic acids is 1. The van der Waals surface area contributed by atoms with Gasteiger partial charge >= 0.3 is 5.97 Å². The Morgan fingerprint density at radius 1 is 1.05 bits per heavy atom. The van der Waals surface area contributed by atoms with Crippen LogP contribution in [0.1, 0.15) is 62.3 Å². The number of hydrogen-bond donors (Lipinski definition) is 1. The molecule has 0 spiro atoms. The van der Waals surface area contributed by atoms with Gasteiger partial charge in [-0.25, -0.2) is 12.8 Å². The third-order valence-electron chi connectivity index (χ3n) is 8.05. The van der Waals surface area contributed by atoms with E-state index in [1.807, 2.05) is 13.0 Å². The molecular formula is C32H33Cl2FN2O6S. The highest BCUT2D eigenvalue weighted by atomic mass is 35.5. The number of anilines is 1. The molecule has 2 fully saturated rings. The van der Waals surface area contributed by atoms with E-state index in [1.54, 1.807) is 53.4 Å². The van der Waals surface area contributed by atoms with Crippen molar-refractivity contribution < 1.29 is 32.2 Å². The highest BCUT2D eigenvalue weighted by Crippen LogP contribution is 2.45. The van der Waals surface area contributed by atoms with Crippen molar-refractivity contribution in [2.45, 2.75) is 68.6 Å². The minimum atomic E-state index is -3.95. The van der Waals surface area contributed by atoms with Crippen molar-refractivity contribution in [2.24, 2.45) is 0 Å². The number of aliphatic carboxylic acids is 1. The van der Waals surface area contributed by atoms with Crippen molar-refractivity contribution in [1.82, 2.24) is 4.90 Å². The van der Waals surface area contributed by atoms with Crippen molar-refractivity contribution in [3.8, 4) is 0 Å². The maximum absolute atomic E-state index is 15.2. The van der Waals surface area contributed by atoms with Crippen LogP contribution in [-0.2, 0) is 24.3 Å². The predicted molar refractivity (Wildman–Crippen MR) is 167 cm³/mol. The number of ether oxygens (including phenoxy) is 1. The van der Waals surface area contributed by atoms with E-state index in [-0.39, 0.29) is 25.1 Å². The van der Waals surface area contributed by atoms with E-state index in [0.29, 0.717) is 40.4 Å². The molecule has 12 heteroatoms. The lowest BCUT2D eigenvalue weighted by atomic mass is 9.89. The lowest BCUT2D eigenvalue weighted by molar-refractivity contribution is -0.180. The first-order valence-electron chi connectivity index (χ1n) is 14.5. The number of carboxylic acid groups (broad SMARTS) is 1. The Kier molecular flexibility index (Phi) is 9.84. The molecule has 2 aliphatic rings. The Morgan fingerprint density at radius 2 is 1.75 bits per heavy atom. The highest BCUT2D eigenvalue weighted by molar-refractivity contribution is 7.93. The normalized spacial score (nSPS) is 21.2. The molecule has 234 valence electrons. The summed E-state index contributed by atoms with van der Waals surface area (Å²) in [5.41, 5.74) is 1.24. The topological polar surface area (TPSA) is 104 Å². The molecule has 3 aromatic carbocycles. The average molecular weight is 664 g/mol. The molecule has 5 rings (SSSR count). The van der Waals surface area contributed by atoms with Crippen LogP contribution in [0.5, 0.6) is 0 Å². The lowest BCUT2D eigenvalue weighted by Gasteiger charge is -2.49. The summed E-state index contributed by atoms with van der Waals surface area (Å²) in [6, 6.07) is 18.1. The van der Waals surface area contributed by atoms with Crippen molar-refractivity contribution in [3.63, 3.8) is 0 Å². The zero-order chi connectivity index (χ0) is 31.6. The summed E-state index contributed by atoms with van der Waals surface area (Å²) in [5.74, 6) is -2.25. The van der Waals surface area contributed by atoms with Crippen molar-refractivity contribution in [3.05, 3.63) is 99.8 Å². The monoisotopic (exact) mass is 662 g/mol. The summed E-state index contributed by atoms with van der Waals surface area (Å²) in [4.78, 5) is 27.5. The van der Waals surface area contributed by atoms with E-state index in [4.69, 9.17) is 27.9 Å². The number of para-hydroxylation sites is 1. The van der Waals surface area contributed by atoms with Gasteiger partial charge in [0.25, 0.3) is 5.91 Å². The van der Waals surface area contributed by atoms with E-state index in [0.717, 1.165) is 4.31 Å². The summed E-state index contributed by atoms with van der Waals surface area (Å²) in [6.45, 7) is 1.62. The standard InChI is InChI=1S/C32H33Cl2FN2O6S/c1-2-24(19-36(44(41,42)25-14-15-25)27-9-4-3-8-26(27)35)37-30(20-10-12-22(33)13-11-20)31(21-6-5-7-23(34)18-21)43-28(32(37)40)16-17-29(38)39/h3-13,18,24-25,28,30-31H,2,14-17,19H2,1H3,(H,38,39)/t24-,28+,30?,31?/m0/s1. The summed E-state index contributed by atoms with van der Waals surface area (Å²) in [6.07, 6.45) is -1.06. The van der Waals surface area contributed by atoms with Crippen LogP contribution < -0.4 is 4.31 Å². The molecule has 1 saturated heterocycles. The molecule has 44 heavy (non-hydrogen) atoms. The lowest BCUT2D eigenvalue weighted by Crippen LogP contribution is -2.58. The fourth-order valence-corrected chi connectivity index (χ4v) is 7.91. The number of benzene rings is 3. The van der Waals surface area contributed by atoms with Crippen LogP contribution in [-0.4, -0.2) is 54.2 Å². The van der Waals surface area contributed by atoms with E-state index in [2.05, 4.69) is 0 Å². The van der Waals surface area contributed by atoms with E-state index >= 15 is 4.39 Å². The molecule has 4 atom stereocenters. The van der Waals surface area contributed by atoms with Gasteiger partial charge in [-0.2, -0.15) is 0 Å². The van der Waals surface area contributed by atoms with Crippen LogP contribution >= 0.6 is 23.2 Å². The molecule has 0 radical (unpaired) electrons. The maximum Gasteiger partial charge on any atom is 0.303 e. The van der Waals surface area contributed by atoms with E-state index in [9.17, 15) is 23.1 Å². The van der Waals surface area contributed by atoms with Crippen molar-refractivity contribution in [2.75, 3.05) is 10.8 Å². The van der Waals surface area contributed by atoms with Gasteiger partial charge in [0.1, 0.15) is 18.0 Å². The third kappa shape index (κ3) is 6.88. The molecule has 8 nitrogen and oxygen atoms in total. The smallest absolute Gasteiger partial charge is 0.303 e. The van der Waals surface area contributed by atoms with Crippen LogP contribution in [0.3, 0.4) is 0 Å². The highest BCUT2D eigenvalue weighted by Gasteiger charge is 2.48. The number of halogens is 3. The van der Waals surface area contributed by atoms with Gasteiger partial charge in [0.15, 0.2) is 0 Å². The maximum atomic E-state index is 15.2.